The van der Waals surface area contributed by atoms with Gasteiger partial charge in [0.1, 0.15) is 0 Å². The third-order valence-electron chi connectivity index (χ3n) is 0.797. The Morgan fingerprint density at radius 3 is 1.83 bits per heavy atom. The summed E-state index contributed by atoms with van der Waals surface area (Å²) in [5.74, 6) is 0. The van der Waals surface area contributed by atoms with Crippen LogP contribution in [0.25, 0.3) is 0 Å². The van der Waals surface area contributed by atoms with Gasteiger partial charge in [0.15, 0.2) is 4.51 Å². The topological polar surface area (TPSA) is 66.8 Å². The number of rotatable bonds is 3. The predicted octanol–water partition coefficient (Wildman–Crippen LogP) is 2.73. The van der Waals surface area contributed by atoms with Gasteiger partial charge >= 0.3 is 7.82 Å². The number of hydrogen-bond acceptors (Lipinski definition) is 2. The average Bonchev–Trinajstić information content (AvgIpc) is 1.52. The molecule has 74 valence electrons. The molecular weight excluding hydrogens is 362 g/mol. The molecule has 0 bridgehead atoms. The van der Waals surface area contributed by atoms with Gasteiger partial charge in [0.05, 0.1) is 0 Å². The monoisotopic (exact) mass is 364 g/mol. The predicted molar refractivity (Wildman–Crippen MR) is 53.8 cm³/mol. The van der Waals surface area contributed by atoms with E-state index in [1.54, 1.807) is 0 Å². The quantitative estimate of drug-likeness (QED) is 0.595. The van der Waals surface area contributed by atoms with Crippen LogP contribution in [0.1, 0.15) is 6.92 Å². The Kier molecular flexibility index (Phi) is 4.58. The molecule has 0 radical (unpaired) electrons. The smallest absolute Gasteiger partial charge is 0.303 e. The Balaban J connectivity index is 4.56. The van der Waals surface area contributed by atoms with Crippen LogP contribution >= 0.6 is 62.9 Å². The molecule has 4 nitrogen and oxygen atoms in total. The summed E-state index contributed by atoms with van der Waals surface area (Å²) < 4.78 is 11.4. The van der Waals surface area contributed by atoms with Crippen molar-refractivity contribution >= 4 is 62.9 Å². The molecule has 12 heavy (non-hydrogen) atoms. The van der Waals surface area contributed by atoms with Crippen LogP contribution in [0.5, 0.6) is 0 Å². The Morgan fingerprint density at radius 1 is 1.42 bits per heavy atom. The fourth-order valence-electron chi connectivity index (χ4n) is 0.275. The minimum absolute atomic E-state index is 1.26. The summed E-state index contributed by atoms with van der Waals surface area (Å²) in [4.78, 5) is 16.9. The van der Waals surface area contributed by atoms with Crippen molar-refractivity contribution in [3.05, 3.63) is 0 Å². The third kappa shape index (κ3) is 4.77. The lowest BCUT2D eigenvalue weighted by atomic mass is 10.5. The van der Waals surface area contributed by atoms with E-state index in [9.17, 15) is 4.57 Å². The molecule has 0 heterocycles. The first kappa shape index (κ1) is 13.7. The first-order chi connectivity index (χ1) is 4.96. The van der Waals surface area contributed by atoms with Crippen LogP contribution in [0, 0.1) is 0 Å². The van der Waals surface area contributed by atoms with Gasteiger partial charge in [-0.25, -0.2) is 4.57 Å². The molecule has 0 aliphatic carbocycles. The van der Waals surface area contributed by atoms with Gasteiger partial charge in [-0.1, -0.05) is 23.2 Å². The minimum atomic E-state index is -4.63. The lowest BCUT2D eigenvalue weighted by Crippen LogP contribution is -2.34. The molecule has 0 saturated carbocycles. The lowest BCUT2D eigenvalue weighted by Gasteiger charge is -2.30. The average molecular weight is 367 g/mol. The van der Waals surface area contributed by atoms with Crippen molar-refractivity contribution in [3.8, 4) is 0 Å². The second kappa shape index (κ2) is 4.03. The molecule has 2 N–H and O–H groups in total. The largest absolute Gasteiger partial charge is 0.471 e. The van der Waals surface area contributed by atoms with Crippen LogP contribution in [-0.2, 0) is 9.09 Å². The molecule has 0 spiro atoms. The molecule has 0 fully saturated rings. The summed E-state index contributed by atoms with van der Waals surface area (Å²) in [6, 6.07) is 0. The van der Waals surface area contributed by atoms with Crippen molar-refractivity contribution in [2.45, 2.75) is 14.7 Å². The van der Waals surface area contributed by atoms with E-state index in [-0.39, 0.29) is 0 Å². The highest BCUT2D eigenvalue weighted by Gasteiger charge is 2.47. The van der Waals surface area contributed by atoms with Crippen molar-refractivity contribution in [1.82, 2.24) is 0 Å². The zero-order chi connectivity index (χ0) is 10.2. The Labute approximate surface area is 96.1 Å². The maximum atomic E-state index is 10.4. The standard InChI is InChI=1S/C3H5Br2Cl2O4P/c1-2(4,3(5,6)7)11-12(8,9)10/h1H3,(H2,8,9,10). The first-order valence-electron chi connectivity index (χ1n) is 2.48. The molecule has 0 amide bonds. The van der Waals surface area contributed by atoms with Gasteiger partial charge in [0.2, 0.25) is 3.24 Å². The van der Waals surface area contributed by atoms with E-state index < -0.39 is 15.6 Å². The van der Waals surface area contributed by atoms with Gasteiger partial charge in [-0.05, 0) is 38.8 Å². The molecule has 0 aliphatic rings. The number of phosphoric acid groups is 1. The molecular formula is C3H5Br2Cl2O4P. The normalized spacial score (nSPS) is 18.9. The van der Waals surface area contributed by atoms with Gasteiger partial charge < -0.3 is 9.79 Å². The highest BCUT2D eigenvalue weighted by Crippen LogP contribution is 2.54. The van der Waals surface area contributed by atoms with Crippen molar-refractivity contribution in [2.75, 3.05) is 0 Å². The van der Waals surface area contributed by atoms with Crippen molar-refractivity contribution in [2.24, 2.45) is 0 Å². The first-order valence-corrected chi connectivity index (χ1v) is 6.35. The van der Waals surface area contributed by atoms with Gasteiger partial charge in [-0.15, -0.1) is 0 Å². The SMILES string of the molecule is CC(Br)(OP(=O)(O)O)C(Cl)(Cl)Br. The highest BCUT2D eigenvalue weighted by molar-refractivity contribution is 9.13. The van der Waals surface area contributed by atoms with Crippen LogP contribution in [0.3, 0.4) is 0 Å². The van der Waals surface area contributed by atoms with Crippen molar-refractivity contribution in [1.29, 1.82) is 0 Å². The fraction of sp³-hybridized carbons (Fsp3) is 1.00. The van der Waals surface area contributed by atoms with Crippen molar-refractivity contribution < 1.29 is 18.9 Å². The minimum Gasteiger partial charge on any atom is -0.303 e. The van der Waals surface area contributed by atoms with E-state index in [1.807, 2.05) is 0 Å². The van der Waals surface area contributed by atoms with E-state index in [0.717, 1.165) is 0 Å². The van der Waals surface area contributed by atoms with Crippen LogP contribution < -0.4 is 0 Å². The van der Waals surface area contributed by atoms with Gasteiger partial charge in [0, 0.05) is 0 Å². The second-order valence-corrected chi connectivity index (χ2v) is 8.10. The van der Waals surface area contributed by atoms with E-state index in [4.69, 9.17) is 33.0 Å². The van der Waals surface area contributed by atoms with Gasteiger partial charge in [0.25, 0.3) is 0 Å². The molecule has 0 aromatic rings. The number of alkyl halides is 4. The summed E-state index contributed by atoms with van der Waals surface area (Å²) in [6.07, 6.45) is 0. The molecule has 0 aliphatic heterocycles. The lowest BCUT2D eigenvalue weighted by molar-refractivity contribution is 0.131. The zero-order valence-corrected chi connectivity index (χ0v) is 11.2. The van der Waals surface area contributed by atoms with E-state index in [0.29, 0.717) is 0 Å². The number of hydrogen-bond donors (Lipinski definition) is 2. The molecule has 9 heteroatoms. The van der Waals surface area contributed by atoms with Crippen LogP contribution in [-0.4, -0.2) is 17.5 Å². The molecule has 0 aromatic heterocycles. The maximum Gasteiger partial charge on any atom is 0.471 e. The molecule has 0 aromatic carbocycles. The fourth-order valence-corrected chi connectivity index (χ4v) is 1.82. The third-order valence-corrected chi connectivity index (χ3v) is 4.87. The Bertz CT molecular complexity index is 209. The summed E-state index contributed by atoms with van der Waals surface area (Å²) in [6.45, 7) is 1.26. The second-order valence-electron chi connectivity index (χ2n) is 2.00. The molecule has 1 unspecified atom stereocenters. The molecule has 1 atom stereocenters. The molecule has 0 rings (SSSR count). The van der Waals surface area contributed by atoms with Crippen LogP contribution in [0.2, 0.25) is 0 Å². The Hall–Kier alpha value is 1.65. The summed E-state index contributed by atoms with van der Waals surface area (Å²) in [5.41, 5.74) is 0. The maximum absolute atomic E-state index is 10.4. The van der Waals surface area contributed by atoms with Crippen LogP contribution in [0.4, 0.5) is 0 Å². The summed E-state index contributed by atoms with van der Waals surface area (Å²) >= 11 is 16.6. The summed E-state index contributed by atoms with van der Waals surface area (Å²) in [7, 11) is -4.63. The van der Waals surface area contributed by atoms with E-state index in [2.05, 4.69) is 36.4 Å². The van der Waals surface area contributed by atoms with Crippen molar-refractivity contribution in [3.63, 3.8) is 0 Å². The molecule has 0 saturated heterocycles. The van der Waals surface area contributed by atoms with Crippen LogP contribution in [0.15, 0.2) is 0 Å². The van der Waals surface area contributed by atoms with Gasteiger partial charge in [-0.2, -0.15) is 0 Å². The van der Waals surface area contributed by atoms with E-state index >= 15 is 0 Å². The van der Waals surface area contributed by atoms with Gasteiger partial charge in [-0.3, -0.25) is 4.52 Å². The zero-order valence-electron chi connectivity index (χ0n) is 5.67. The Morgan fingerprint density at radius 2 is 1.75 bits per heavy atom. The number of phosphoric ester groups is 1. The number of halogens is 4. The highest BCUT2D eigenvalue weighted by atomic mass is 79.9. The van der Waals surface area contributed by atoms with E-state index in [1.165, 1.54) is 6.92 Å². The summed E-state index contributed by atoms with van der Waals surface area (Å²) in [5, 5.41) is 0.